The van der Waals surface area contributed by atoms with Gasteiger partial charge in [0.15, 0.2) is 0 Å². The largest absolute Gasteiger partial charge is 0.307 e. The Morgan fingerprint density at radius 2 is 1.73 bits per heavy atom. The highest BCUT2D eigenvalue weighted by molar-refractivity contribution is 7.98. The van der Waals surface area contributed by atoms with Crippen LogP contribution in [0.5, 0.6) is 0 Å². The van der Waals surface area contributed by atoms with Crippen molar-refractivity contribution in [3.05, 3.63) is 30.1 Å². The monoisotopic (exact) mass is 233 g/mol. The Bertz CT molecular complexity index is 249. The van der Waals surface area contributed by atoms with Gasteiger partial charge in [0.1, 0.15) is 12.5 Å². The number of hydrogen-bond acceptors (Lipinski definition) is 2. The summed E-state index contributed by atoms with van der Waals surface area (Å²) in [6.07, 6.45) is 1.97. The third-order valence-electron chi connectivity index (χ3n) is 1.58. The Balaban J connectivity index is 0.000000288. The Morgan fingerprint density at radius 1 is 1.20 bits per heavy atom. The molecule has 0 aromatic heterocycles. The van der Waals surface area contributed by atoms with Crippen LogP contribution >= 0.6 is 11.8 Å². The normalized spacial score (nSPS) is 9.73. The number of hydrogen-bond donors (Lipinski definition) is 0. The number of rotatable bonds is 3. The number of nitrogens with zero attached hydrogens (tertiary/aromatic N) is 1. The van der Waals surface area contributed by atoms with Crippen LogP contribution in [0.3, 0.4) is 0 Å². The molecular formula is C11H17F2NS. The molecule has 0 aliphatic carbocycles. The highest BCUT2D eigenvalue weighted by Crippen LogP contribution is 2.13. The van der Waals surface area contributed by atoms with Gasteiger partial charge in [-0.3, -0.25) is 0 Å². The van der Waals surface area contributed by atoms with Crippen molar-refractivity contribution in [1.82, 2.24) is 4.90 Å². The molecule has 0 saturated carbocycles. The van der Waals surface area contributed by atoms with E-state index >= 15 is 0 Å². The zero-order valence-electron chi connectivity index (χ0n) is 9.34. The second-order valence-electron chi connectivity index (χ2n) is 3.15. The molecule has 0 N–H and O–H groups in total. The summed E-state index contributed by atoms with van der Waals surface area (Å²) in [7, 11) is 3.69. The lowest BCUT2D eigenvalue weighted by atomic mass is 10.4. The summed E-state index contributed by atoms with van der Waals surface area (Å²) in [6.45, 7) is 0.299. The molecule has 0 fully saturated rings. The van der Waals surface area contributed by atoms with Gasteiger partial charge in [0.05, 0.1) is 0 Å². The number of benzene rings is 1. The van der Waals surface area contributed by atoms with Gasteiger partial charge < -0.3 is 4.90 Å². The van der Waals surface area contributed by atoms with E-state index in [0.29, 0.717) is 6.54 Å². The minimum Gasteiger partial charge on any atom is -0.307 e. The van der Waals surface area contributed by atoms with Gasteiger partial charge in [-0.25, -0.2) is 8.78 Å². The van der Waals surface area contributed by atoms with Crippen molar-refractivity contribution in [3.8, 4) is 0 Å². The van der Waals surface area contributed by atoms with Gasteiger partial charge in [0.2, 0.25) is 0 Å². The lowest BCUT2D eigenvalue weighted by molar-refractivity contribution is 0.344. The molecule has 0 atom stereocenters. The van der Waals surface area contributed by atoms with E-state index in [2.05, 4.69) is 0 Å². The van der Waals surface area contributed by atoms with Gasteiger partial charge >= 0.3 is 0 Å². The van der Waals surface area contributed by atoms with Gasteiger partial charge in [-0.15, -0.1) is 11.8 Å². The zero-order chi connectivity index (χ0) is 11.7. The summed E-state index contributed by atoms with van der Waals surface area (Å²) in [4.78, 5) is 2.90. The first-order valence-electron chi connectivity index (χ1n) is 4.60. The molecule has 0 heterocycles. The lowest BCUT2D eigenvalue weighted by Crippen LogP contribution is -2.13. The topological polar surface area (TPSA) is 3.24 Å². The van der Waals surface area contributed by atoms with Gasteiger partial charge in [0.25, 0.3) is 0 Å². The smallest absolute Gasteiger partial charge is 0.123 e. The first kappa shape index (κ1) is 14.4. The molecule has 1 rings (SSSR count). The average molecular weight is 233 g/mol. The van der Waals surface area contributed by atoms with Crippen molar-refractivity contribution in [2.75, 3.05) is 33.6 Å². The predicted octanol–water partition coefficient (Wildman–Crippen LogP) is 3.07. The summed E-state index contributed by atoms with van der Waals surface area (Å²) in [5.41, 5.74) is 0. The molecule has 86 valence electrons. The van der Waals surface area contributed by atoms with E-state index in [1.54, 1.807) is 28.8 Å². The first-order chi connectivity index (χ1) is 7.10. The standard InChI is InChI=1S/C7H7FS.C4H10FN/c1-9-7-4-2-6(8)3-5-7;1-6(2)4-3-5/h2-5H,1H3;3-4H2,1-2H3. The molecule has 0 aliphatic rings. The van der Waals surface area contributed by atoms with E-state index in [1.807, 2.05) is 20.4 Å². The van der Waals surface area contributed by atoms with Crippen molar-refractivity contribution in [2.45, 2.75) is 4.90 Å². The van der Waals surface area contributed by atoms with E-state index in [4.69, 9.17) is 0 Å². The molecule has 1 aromatic carbocycles. The Kier molecular flexibility index (Phi) is 8.33. The maximum Gasteiger partial charge on any atom is 0.123 e. The summed E-state index contributed by atoms with van der Waals surface area (Å²) in [6, 6.07) is 6.46. The Labute approximate surface area is 94.5 Å². The first-order valence-corrected chi connectivity index (χ1v) is 5.83. The summed E-state index contributed by atoms with van der Waals surface area (Å²) >= 11 is 1.61. The van der Waals surface area contributed by atoms with Crippen LogP contribution in [0.1, 0.15) is 0 Å². The number of thioether (sulfide) groups is 1. The molecule has 1 aromatic rings. The van der Waals surface area contributed by atoms with Crippen LogP contribution in [0, 0.1) is 5.82 Å². The highest BCUT2D eigenvalue weighted by Gasteiger charge is 1.88. The van der Waals surface area contributed by atoms with Gasteiger partial charge in [-0.2, -0.15) is 0 Å². The van der Waals surface area contributed by atoms with E-state index in [1.165, 1.54) is 12.1 Å². The van der Waals surface area contributed by atoms with Crippen LogP contribution < -0.4 is 0 Å². The number of alkyl halides is 1. The van der Waals surface area contributed by atoms with Crippen LogP contribution in [-0.2, 0) is 0 Å². The van der Waals surface area contributed by atoms with E-state index < -0.39 is 0 Å². The van der Waals surface area contributed by atoms with E-state index in [9.17, 15) is 8.78 Å². The van der Waals surface area contributed by atoms with Crippen LogP contribution in [0.4, 0.5) is 8.78 Å². The van der Waals surface area contributed by atoms with E-state index in [-0.39, 0.29) is 12.5 Å². The fraction of sp³-hybridized carbons (Fsp3) is 0.455. The summed E-state index contributed by atoms with van der Waals surface area (Å²) in [5.74, 6) is -0.173. The second kappa shape index (κ2) is 8.68. The minimum atomic E-state index is -0.243. The quantitative estimate of drug-likeness (QED) is 0.738. The zero-order valence-corrected chi connectivity index (χ0v) is 10.2. The average Bonchev–Trinajstić information content (AvgIpc) is 2.20. The third-order valence-corrected chi connectivity index (χ3v) is 2.32. The van der Waals surface area contributed by atoms with Crippen LogP contribution in [0.25, 0.3) is 0 Å². The molecule has 0 radical (unpaired) electrons. The fourth-order valence-corrected chi connectivity index (χ4v) is 1.15. The molecule has 0 bridgehead atoms. The fourth-order valence-electron chi connectivity index (χ4n) is 0.740. The highest BCUT2D eigenvalue weighted by atomic mass is 32.2. The Morgan fingerprint density at radius 3 is 2.00 bits per heavy atom. The molecule has 0 amide bonds. The van der Waals surface area contributed by atoms with Gasteiger partial charge in [-0.1, -0.05) is 0 Å². The van der Waals surface area contributed by atoms with Gasteiger partial charge in [0, 0.05) is 11.4 Å². The van der Waals surface area contributed by atoms with Crippen molar-refractivity contribution in [3.63, 3.8) is 0 Å². The third kappa shape index (κ3) is 8.39. The molecule has 0 aliphatic heterocycles. The molecule has 0 saturated heterocycles. The summed E-state index contributed by atoms with van der Waals surface area (Å²) in [5, 5.41) is 0. The maximum absolute atomic E-state index is 12.2. The van der Waals surface area contributed by atoms with Crippen LogP contribution in [-0.4, -0.2) is 38.5 Å². The second-order valence-corrected chi connectivity index (χ2v) is 4.03. The molecule has 15 heavy (non-hydrogen) atoms. The SMILES string of the molecule is CN(C)CCF.CSc1ccc(F)cc1. The van der Waals surface area contributed by atoms with Crippen molar-refractivity contribution < 1.29 is 8.78 Å². The number of halogens is 2. The molecule has 0 unspecified atom stereocenters. The van der Waals surface area contributed by atoms with Crippen LogP contribution in [0.15, 0.2) is 29.2 Å². The Hall–Kier alpha value is -0.610. The van der Waals surface area contributed by atoms with Crippen molar-refractivity contribution in [1.29, 1.82) is 0 Å². The summed E-state index contributed by atoms with van der Waals surface area (Å²) < 4.78 is 23.4. The van der Waals surface area contributed by atoms with Gasteiger partial charge in [-0.05, 0) is 44.6 Å². The van der Waals surface area contributed by atoms with E-state index in [0.717, 1.165) is 4.90 Å². The van der Waals surface area contributed by atoms with Crippen molar-refractivity contribution in [2.24, 2.45) is 0 Å². The van der Waals surface area contributed by atoms with Crippen molar-refractivity contribution >= 4 is 11.8 Å². The van der Waals surface area contributed by atoms with Crippen LogP contribution in [0.2, 0.25) is 0 Å². The lowest BCUT2D eigenvalue weighted by Gasteiger charge is -2.02. The predicted molar refractivity (Wildman–Crippen MR) is 62.7 cm³/mol. The molecular weight excluding hydrogens is 216 g/mol. The minimum absolute atomic E-state index is 0.173. The molecule has 1 nitrogen and oxygen atoms in total. The molecule has 0 spiro atoms. The molecule has 4 heteroatoms. The maximum atomic E-state index is 12.2.